The van der Waals surface area contributed by atoms with Crippen LogP contribution in [0.25, 0.3) is 0 Å². The molecule has 0 aliphatic rings. The summed E-state index contributed by atoms with van der Waals surface area (Å²) in [6.45, 7) is 0.340. The molecule has 0 saturated carbocycles. The first-order chi connectivity index (χ1) is 9.04. The highest BCUT2D eigenvalue weighted by atomic mass is 19.1. The highest BCUT2D eigenvalue weighted by Gasteiger charge is 2.09. The first kappa shape index (κ1) is 14.9. The van der Waals surface area contributed by atoms with Gasteiger partial charge in [-0.15, -0.1) is 0 Å². The Hall–Kier alpha value is -2.15. The Bertz CT molecular complexity index is 466. The Kier molecular flexibility index (Phi) is 5.74. The van der Waals surface area contributed by atoms with Crippen LogP contribution in [0.5, 0.6) is 5.75 Å². The zero-order chi connectivity index (χ0) is 14.3. The fraction of sp³-hybridized carbons (Fsp3) is 0.333. The third kappa shape index (κ3) is 4.92. The van der Waals surface area contributed by atoms with E-state index >= 15 is 0 Å². The SMILES string of the molecule is NNC(=O)CCCCOc1ccc(C(N)=O)c(F)c1. The molecule has 0 bridgehead atoms. The van der Waals surface area contributed by atoms with Crippen LogP contribution in [-0.4, -0.2) is 18.4 Å². The molecule has 19 heavy (non-hydrogen) atoms. The van der Waals surface area contributed by atoms with E-state index in [4.69, 9.17) is 16.3 Å². The van der Waals surface area contributed by atoms with Crippen molar-refractivity contribution in [1.29, 1.82) is 0 Å². The maximum Gasteiger partial charge on any atom is 0.251 e. The van der Waals surface area contributed by atoms with Crippen LogP contribution in [0.15, 0.2) is 18.2 Å². The van der Waals surface area contributed by atoms with Crippen molar-refractivity contribution in [3.8, 4) is 5.75 Å². The third-order valence-electron chi connectivity index (χ3n) is 2.43. The molecule has 2 amide bonds. The second kappa shape index (κ2) is 7.32. The standard InChI is InChI=1S/C12H16FN3O3/c13-10-7-8(4-5-9(10)12(14)18)19-6-2-1-3-11(17)16-15/h4-5,7H,1-3,6,15H2,(H2,14,18)(H,16,17). The Morgan fingerprint density at radius 2 is 2.05 bits per heavy atom. The van der Waals surface area contributed by atoms with Gasteiger partial charge in [0.1, 0.15) is 11.6 Å². The average molecular weight is 269 g/mol. The molecular weight excluding hydrogens is 253 g/mol. The van der Waals surface area contributed by atoms with Crippen molar-refractivity contribution in [3.63, 3.8) is 0 Å². The first-order valence-corrected chi connectivity index (χ1v) is 5.76. The fourth-order valence-electron chi connectivity index (χ4n) is 1.44. The van der Waals surface area contributed by atoms with E-state index < -0.39 is 11.7 Å². The Morgan fingerprint density at radius 3 is 2.63 bits per heavy atom. The molecule has 1 aromatic rings. The molecule has 5 N–H and O–H groups in total. The van der Waals surface area contributed by atoms with Crippen LogP contribution in [0.4, 0.5) is 4.39 Å². The number of unbranched alkanes of at least 4 members (excludes halogenated alkanes) is 1. The van der Waals surface area contributed by atoms with Crippen molar-refractivity contribution in [2.24, 2.45) is 11.6 Å². The van der Waals surface area contributed by atoms with Crippen LogP contribution in [0.2, 0.25) is 0 Å². The summed E-state index contributed by atoms with van der Waals surface area (Å²) in [5.41, 5.74) is 6.83. The summed E-state index contributed by atoms with van der Waals surface area (Å²) < 4.78 is 18.7. The van der Waals surface area contributed by atoms with Gasteiger partial charge in [0.25, 0.3) is 5.91 Å². The van der Waals surface area contributed by atoms with Gasteiger partial charge in [-0.05, 0) is 25.0 Å². The molecule has 7 heteroatoms. The van der Waals surface area contributed by atoms with Crippen molar-refractivity contribution >= 4 is 11.8 Å². The number of ether oxygens (including phenoxy) is 1. The summed E-state index contributed by atoms with van der Waals surface area (Å²) in [7, 11) is 0. The van der Waals surface area contributed by atoms with Crippen LogP contribution >= 0.6 is 0 Å². The predicted molar refractivity (Wildman–Crippen MR) is 66.6 cm³/mol. The quantitative estimate of drug-likeness (QED) is 0.289. The van der Waals surface area contributed by atoms with Crippen molar-refractivity contribution in [2.45, 2.75) is 19.3 Å². The zero-order valence-corrected chi connectivity index (χ0v) is 10.3. The van der Waals surface area contributed by atoms with Crippen LogP contribution in [0.1, 0.15) is 29.6 Å². The van der Waals surface area contributed by atoms with Crippen molar-refractivity contribution in [3.05, 3.63) is 29.6 Å². The van der Waals surface area contributed by atoms with E-state index in [0.29, 0.717) is 31.6 Å². The van der Waals surface area contributed by atoms with Gasteiger partial charge in [0.15, 0.2) is 0 Å². The van der Waals surface area contributed by atoms with Gasteiger partial charge in [-0.1, -0.05) is 0 Å². The van der Waals surface area contributed by atoms with Gasteiger partial charge in [0, 0.05) is 12.5 Å². The smallest absolute Gasteiger partial charge is 0.251 e. The maximum atomic E-state index is 13.4. The Labute approximate surface area is 109 Å². The number of hydrogen-bond donors (Lipinski definition) is 3. The number of carbonyl (C=O) groups excluding carboxylic acids is 2. The summed E-state index contributed by atoms with van der Waals surface area (Å²) in [5, 5.41) is 0. The van der Waals surface area contributed by atoms with E-state index in [-0.39, 0.29) is 11.5 Å². The number of primary amides is 1. The van der Waals surface area contributed by atoms with Gasteiger partial charge in [0.2, 0.25) is 5.91 Å². The number of hydrazine groups is 1. The second-order valence-electron chi connectivity index (χ2n) is 3.88. The molecule has 0 atom stereocenters. The number of halogens is 1. The minimum Gasteiger partial charge on any atom is -0.493 e. The molecule has 0 spiro atoms. The molecule has 0 heterocycles. The molecule has 0 aromatic heterocycles. The lowest BCUT2D eigenvalue weighted by Gasteiger charge is -2.07. The van der Waals surface area contributed by atoms with Gasteiger partial charge in [-0.2, -0.15) is 0 Å². The lowest BCUT2D eigenvalue weighted by Crippen LogP contribution is -2.29. The third-order valence-corrected chi connectivity index (χ3v) is 2.43. The molecular formula is C12H16FN3O3. The second-order valence-corrected chi connectivity index (χ2v) is 3.88. The number of rotatable bonds is 7. The average Bonchev–Trinajstić information content (AvgIpc) is 2.37. The molecule has 0 aliphatic heterocycles. The van der Waals surface area contributed by atoms with Gasteiger partial charge < -0.3 is 10.5 Å². The molecule has 1 rings (SSSR count). The number of nitrogens with two attached hydrogens (primary N) is 2. The lowest BCUT2D eigenvalue weighted by molar-refractivity contribution is -0.121. The summed E-state index contributed by atoms with van der Waals surface area (Å²) in [5.74, 6) is 3.46. The summed E-state index contributed by atoms with van der Waals surface area (Å²) >= 11 is 0. The molecule has 0 aliphatic carbocycles. The molecule has 0 fully saturated rings. The molecule has 1 aromatic carbocycles. The van der Waals surface area contributed by atoms with E-state index in [1.807, 2.05) is 5.43 Å². The lowest BCUT2D eigenvalue weighted by atomic mass is 10.2. The van der Waals surface area contributed by atoms with Gasteiger partial charge in [-0.3, -0.25) is 15.0 Å². The number of hydrogen-bond acceptors (Lipinski definition) is 4. The topological polar surface area (TPSA) is 107 Å². The molecule has 0 unspecified atom stereocenters. The summed E-state index contributed by atoms with van der Waals surface area (Å²) in [4.78, 5) is 21.6. The minimum atomic E-state index is -0.822. The predicted octanol–water partition coefficient (Wildman–Crippen LogP) is 0.464. The van der Waals surface area contributed by atoms with Crippen LogP contribution < -0.4 is 21.7 Å². The van der Waals surface area contributed by atoms with Gasteiger partial charge in [-0.25, -0.2) is 10.2 Å². The molecule has 104 valence electrons. The number of amides is 2. The van der Waals surface area contributed by atoms with Gasteiger partial charge in [0.05, 0.1) is 12.2 Å². The summed E-state index contributed by atoms with van der Waals surface area (Å²) in [6, 6.07) is 3.84. The van der Waals surface area contributed by atoms with Crippen LogP contribution in [0, 0.1) is 5.82 Å². The highest BCUT2D eigenvalue weighted by molar-refractivity contribution is 5.93. The van der Waals surface area contributed by atoms with Gasteiger partial charge >= 0.3 is 0 Å². The fourth-order valence-corrected chi connectivity index (χ4v) is 1.44. The molecule has 6 nitrogen and oxygen atoms in total. The van der Waals surface area contributed by atoms with E-state index in [1.165, 1.54) is 12.1 Å². The number of carbonyl (C=O) groups is 2. The monoisotopic (exact) mass is 269 g/mol. The van der Waals surface area contributed by atoms with Crippen LogP contribution in [0.3, 0.4) is 0 Å². The van der Waals surface area contributed by atoms with E-state index in [1.54, 1.807) is 0 Å². The van der Waals surface area contributed by atoms with E-state index in [0.717, 1.165) is 6.07 Å². The highest BCUT2D eigenvalue weighted by Crippen LogP contribution is 2.16. The largest absolute Gasteiger partial charge is 0.493 e. The molecule has 0 radical (unpaired) electrons. The maximum absolute atomic E-state index is 13.4. The van der Waals surface area contributed by atoms with E-state index in [9.17, 15) is 14.0 Å². The number of benzene rings is 1. The summed E-state index contributed by atoms with van der Waals surface area (Å²) in [6.07, 6.45) is 1.56. The molecule has 0 saturated heterocycles. The minimum absolute atomic E-state index is 0.174. The Balaban J connectivity index is 2.36. The van der Waals surface area contributed by atoms with Crippen LogP contribution in [-0.2, 0) is 4.79 Å². The van der Waals surface area contributed by atoms with Crippen molar-refractivity contribution in [2.75, 3.05) is 6.61 Å². The number of nitrogens with one attached hydrogen (secondary N) is 1. The van der Waals surface area contributed by atoms with Crippen molar-refractivity contribution < 1.29 is 18.7 Å². The first-order valence-electron chi connectivity index (χ1n) is 5.76. The zero-order valence-electron chi connectivity index (χ0n) is 10.3. The van der Waals surface area contributed by atoms with Crippen molar-refractivity contribution in [1.82, 2.24) is 5.43 Å². The normalized spacial score (nSPS) is 10.0. The van der Waals surface area contributed by atoms with E-state index in [2.05, 4.69) is 0 Å². The Morgan fingerprint density at radius 1 is 1.32 bits per heavy atom.